The summed E-state index contributed by atoms with van der Waals surface area (Å²) in [5, 5.41) is 8.86. The monoisotopic (exact) mass is 526 g/mol. The summed E-state index contributed by atoms with van der Waals surface area (Å²) >= 11 is 0. The molecule has 39 heavy (non-hydrogen) atoms. The lowest BCUT2D eigenvalue weighted by Crippen LogP contribution is -2.32. The molecule has 4 aromatic carbocycles. The Bertz CT molecular complexity index is 1440. The first-order valence-electron chi connectivity index (χ1n) is 11.7. The molecule has 3 amide bonds. The number of para-hydroxylation sites is 1. The molecule has 0 unspecified atom stereocenters. The SMILES string of the molecule is O=C(COc1ccc(/C=N\NC(=O)C(=O)Nc2ccc(Oc3ccccc3)cc2)cc1)Nc1ccc(F)cc1. The molecule has 0 bridgehead atoms. The van der Waals surface area contributed by atoms with E-state index < -0.39 is 23.5 Å². The van der Waals surface area contributed by atoms with Gasteiger partial charge in [-0.05, 0) is 90.5 Å². The smallest absolute Gasteiger partial charge is 0.329 e. The van der Waals surface area contributed by atoms with Crippen LogP contribution in [0, 0.1) is 5.82 Å². The standard InChI is InChI=1S/C29H23FN4O5/c30-21-8-10-22(11-9-21)32-27(35)19-38-24-14-6-20(7-15-24)18-31-34-29(37)28(36)33-23-12-16-26(17-13-23)39-25-4-2-1-3-5-25/h1-18H,19H2,(H,32,35)(H,33,36)(H,34,37)/b31-18-. The second-order valence-corrected chi connectivity index (χ2v) is 8.01. The molecule has 0 radical (unpaired) electrons. The van der Waals surface area contributed by atoms with E-state index in [0.29, 0.717) is 34.2 Å². The van der Waals surface area contributed by atoms with Crippen LogP contribution in [0.5, 0.6) is 17.2 Å². The van der Waals surface area contributed by atoms with Crippen LogP contribution in [-0.4, -0.2) is 30.5 Å². The highest BCUT2D eigenvalue weighted by Gasteiger charge is 2.13. The number of carbonyl (C=O) groups excluding carboxylic acids is 3. The summed E-state index contributed by atoms with van der Waals surface area (Å²) in [7, 11) is 0. The van der Waals surface area contributed by atoms with Crippen molar-refractivity contribution in [3.8, 4) is 17.2 Å². The molecule has 0 aromatic heterocycles. The van der Waals surface area contributed by atoms with Gasteiger partial charge >= 0.3 is 11.8 Å². The van der Waals surface area contributed by atoms with E-state index >= 15 is 0 Å². The second-order valence-electron chi connectivity index (χ2n) is 8.01. The van der Waals surface area contributed by atoms with Crippen molar-refractivity contribution in [3.05, 3.63) is 115 Å². The van der Waals surface area contributed by atoms with E-state index in [4.69, 9.17) is 9.47 Å². The van der Waals surface area contributed by atoms with Gasteiger partial charge in [0.25, 0.3) is 5.91 Å². The molecule has 0 fully saturated rings. The van der Waals surface area contributed by atoms with Gasteiger partial charge in [-0.1, -0.05) is 18.2 Å². The third-order valence-corrected chi connectivity index (χ3v) is 5.06. The molecular weight excluding hydrogens is 503 g/mol. The number of hydrogen-bond acceptors (Lipinski definition) is 6. The van der Waals surface area contributed by atoms with Crippen molar-refractivity contribution in [2.24, 2.45) is 5.10 Å². The lowest BCUT2D eigenvalue weighted by Gasteiger charge is -2.08. The average molecular weight is 527 g/mol. The van der Waals surface area contributed by atoms with Gasteiger partial charge in [0.15, 0.2) is 6.61 Å². The summed E-state index contributed by atoms with van der Waals surface area (Å²) in [6.45, 7) is -0.237. The number of amides is 3. The number of nitrogens with one attached hydrogen (secondary N) is 3. The lowest BCUT2D eigenvalue weighted by atomic mass is 10.2. The predicted octanol–water partition coefficient (Wildman–Crippen LogP) is 4.72. The first-order chi connectivity index (χ1) is 18.9. The maximum absolute atomic E-state index is 12.9. The summed E-state index contributed by atoms with van der Waals surface area (Å²) in [6, 6.07) is 27.7. The molecule has 0 saturated carbocycles. The van der Waals surface area contributed by atoms with Gasteiger partial charge in [0.2, 0.25) is 0 Å². The number of ether oxygens (including phenoxy) is 2. The van der Waals surface area contributed by atoms with Crippen molar-refractivity contribution in [1.82, 2.24) is 5.43 Å². The summed E-state index contributed by atoms with van der Waals surface area (Å²) in [5.41, 5.74) is 3.66. The highest BCUT2D eigenvalue weighted by molar-refractivity contribution is 6.39. The zero-order valence-electron chi connectivity index (χ0n) is 20.5. The molecular formula is C29H23FN4O5. The number of hydrazone groups is 1. The van der Waals surface area contributed by atoms with Crippen LogP contribution in [0.4, 0.5) is 15.8 Å². The summed E-state index contributed by atoms with van der Waals surface area (Å²) in [6.07, 6.45) is 1.35. The van der Waals surface area contributed by atoms with E-state index in [9.17, 15) is 18.8 Å². The van der Waals surface area contributed by atoms with Crippen molar-refractivity contribution in [3.63, 3.8) is 0 Å². The zero-order chi connectivity index (χ0) is 27.5. The molecule has 0 atom stereocenters. The number of nitrogens with zero attached hydrogens (tertiary/aromatic N) is 1. The first-order valence-corrected chi connectivity index (χ1v) is 11.7. The summed E-state index contributed by atoms with van der Waals surface area (Å²) in [4.78, 5) is 36.2. The van der Waals surface area contributed by atoms with Crippen molar-refractivity contribution in [1.29, 1.82) is 0 Å². The van der Waals surface area contributed by atoms with Crippen molar-refractivity contribution >= 4 is 35.3 Å². The van der Waals surface area contributed by atoms with Gasteiger partial charge in [-0.15, -0.1) is 0 Å². The van der Waals surface area contributed by atoms with Crippen LogP contribution in [0.1, 0.15) is 5.56 Å². The third kappa shape index (κ3) is 8.53. The topological polar surface area (TPSA) is 118 Å². The normalized spacial score (nSPS) is 10.5. The Morgan fingerprint density at radius 3 is 1.97 bits per heavy atom. The highest BCUT2D eigenvalue weighted by Crippen LogP contribution is 2.22. The molecule has 0 heterocycles. The molecule has 4 aromatic rings. The van der Waals surface area contributed by atoms with Crippen molar-refractivity contribution in [2.45, 2.75) is 0 Å². The Morgan fingerprint density at radius 2 is 1.28 bits per heavy atom. The van der Waals surface area contributed by atoms with Gasteiger partial charge in [-0.25, -0.2) is 9.82 Å². The summed E-state index contributed by atoms with van der Waals surface area (Å²) < 4.78 is 24.1. The van der Waals surface area contributed by atoms with Gasteiger partial charge in [-0.2, -0.15) is 5.10 Å². The van der Waals surface area contributed by atoms with Crippen LogP contribution in [0.25, 0.3) is 0 Å². The molecule has 10 heteroatoms. The molecule has 0 saturated heterocycles. The average Bonchev–Trinajstić information content (AvgIpc) is 2.95. The number of anilines is 2. The van der Waals surface area contributed by atoms with E-state index in [1.165, 1.54) is 30.5 Å². The summed E-state index contributed by atoms with van der Waals surface area (Å²) in [5.74, 6) is -0.922. The fourth-order valence-electron chi connectivity index (χ4n) is 3.16. The molecule has 0 aliphatic carbocycles. The Morgan fingerprint density at radius 1 is 0.692 bits per heavy atom. The predicted molar refractivity (Wildman–Crippen MR) is 144 cm³/mol. The molecule has 4 rings (SSSR count). The van der Waals surface area contributed by atoms with Crippen LogP contribution >= 0.6 is 0 Å². The van der Waals surface area contributed by atoms with E-state index in [-0.39, 0.29) is 6.61 Å². The van der Waals surface area contributed by atoms with Crippen molar-refractivity contribution in [2.75, 3.05) is 17.2 Å². The first kappa shape index (κ1) is 26.6. The molecule has 9 nitrogen and oxygen atoms in total. The Kier molecular flexibility index (Phi) is 8.95. The van der Waals surface area contributed by atoms with Gasteiger partial charge in [0.05, 0.1) is 6.21 Å². The van der Waals surface area contributed by atoms with Crippen molar-refractivity contribution < 1.29 is 28.2 Å². The van der Waals surface area contributed by atoms with Crippen LogP contribution in [-0.2, 0) is 14.4 Å². The van der Waals surface area contributed by atoms with Crippen LogP contribution < -0.4 is 25.5 Å². The molecule has 196 valence electrons. The Balaban J connectivity index is 1.18. The number of rotatable bonds is 9. The molecule has 0 aliphatic heterocycles. The van der Waals surface area contributed by atoms with Crippen LogP contribution in [0.15, 0.2) is 108 Å². The van der Waals surface area contributed by atoms with Crippen LogP contribution in [0.3, 0.4) is 0 Å². The van der Waals surface area contributed by atoms with E-state index in [1.807, 2.05) is 30.3 Å². The minimum atomic E-state index is -0.942. The van der Waals surface area contributed by atoms with Gasteiger partial charge < -0.3 is 20.1 Å². The van der Waals surface area contributed by atoms with E-state index in [2.05, 4.69) is 21.2 Å². The number of benzene rings is 4. The van der Waals surface area contributed by atoms with Gasteiger partial charge in [0, 0.05) is 11.4 Å². The molecule has 0 spiro atoms. The minimum Gasteiger partial charge on any atom is -0.484 e. The third-order valence-electron chi connectivity index (χ3n) is 5.06. The van der Waals surface area contributed by atoms with E-state index in [1.54, 1.807) is 48.5 Å². The fourth-order valence-corrected chi connectivity index (χ4v) is 3.16. The largest absolute Gasteiger partial charge is 0.484 e. The number of halogens is 1. The Hall–Kier alpha value is -5.51. The maximum atomic E-state index is 12.9. The van der Waals surface area contributed by atoms with E-state index in [0.717, 1.165) is 0 Å². The molecule has 0 aliphatic rings. The Labute approximate surface area is 223 Å². The molecule has 3 N–H and O–H groups in total. The van der Waals surface area contributed by atoms with Gasteiger partial charge in [0.1, 0.15) is 23.1 Å². The zero-order valence-corrected chi connectivity index (χ0v) is 20.5. The van der Waals surface area contributed by atoms with Crippen LogP contribution in [0.2, 0.25) is 0 Å². The second kappa shape index (κ2) is 13.2. The quantitative estimate of drug-likeness (QED) is 0.166. The fraction of sp³-hybridized carbons (Fsp3) is 0.0345. The lowest BCUT2D eigenvalue weighted by molar-refractivity contribution is -0.136. The number of hydrogen-bond donors (Lipinski definition) is 3. The minimum absolute atomic E-state index is 0.237. The number of carbonyl (C=O) groups is 3. The van der Waals surface area contributed by atoms with Gasteiger partial charge in [-0.3, -0.25) is 14.4 Å². The highest BCUT2D eigenvalue weighted by atomic mass is 19.1. The maximum Gasteiger partial charge on any atom is 0.329 e.